The molecule has 28 heavy (non-hydrogen) atoms. The van der Waals surface area contributed by atoms with Crippen LogP contribution in [0, 0.1) is 0 Å². The maximum Gasteiger partial charge on any atom is 0.237 e. The Morgan fingerprint density at radius 2 is 2.04 bits per heavy atom. The van der Waals surface area contributed by atoms with E-state index in [1.165, 1.54) is 16.7 Å². The molecule has 0 atom stereocenters. The van der Waals surface area contributed by atoms with Crippen LogP contribution in [0.4, 0.5) is 5.69 Å². The minimum Gasteiger partial charge on any atom is -0.497 e. The highest BCUT2D eigenvalue weighted by Gasteiger charge is 2.22. The van der Waals surface area contributed by atoms with Gasteiger partial charge in [-0.25, -0.2) is 0 Å². The second kappa shape index (κ2) is 8.70. The van der Waals surface area contributed by atoms with Gasteiger partial charge in [0, 0.05) is 17.1 Å². The van der Waals surface area contributed by atoms with Gasteiger partial charge in [-0.15, -0.1) is 22.0 Å². The van der Waals surface area contributed by atoms with Gasteiger partial charge in [-0.1, -0.05) is 23.9 Å². The minimum atomic E-state index is 0.0873. The molecule has 2 heterocycles. The van der Waals surface area contributed by atoms with E-state index in [2.05, 4.69) is 16.3 Å². The summed E-state index contributed by atoms with van der Waals surface area (Å²) >= 11 is 3.21. The van der Waals surface area contributed by atoms with Crippen LogP contribution in [0.2, 0.25) is 0 Å². The van der Waals surface area contributed by atoms with Crippen molar-refractivity contribution in [3.63, 3.8) is 0 Å². The Morgan fingerprint density at radius 3 is 2.86 bits per heavy atom. The zero-order chi connectivity index (χ0) is 19.3. The maximum absolute atomic E-state index is 13.0. The van der Waals surface area contributed by atoms with E-state index in [1.54, 1.807) is 13.4 Å². The molecule has 0 bridgehead atoms. The number of carbonyl (C=O) groups excluding carboxylic acids is 1. The van der Waals surface area contributed by atoms with E-state index in [0.29, 0.717) is 10.9 Å². The van der Waals surface area contributed by atoms with Crippen molar-refractivity contribution in [2.45, 2.75) is 16.5 Å². The fraction of sp³-hybridized carbons (Fsp3) is 0.250. The average molecular weight is 413 g/mol. The van der Waals surface area contributed by atoms with Gasteiger partial charge >= 0.3 is 0 Å². The van der Waals surface area contributed by atoms with Crippen LogP contribution in [0.3, 0.4) is 0 Å². The molecule has 1 aliphatic heterocycles. The van der Waals surface area contributed by atoms with Crippen LogP contribution in [-0.2, 0) is 4.79 Å². The molecule has 0 saturated heterocycles. The fourth-order valence-electron chi connectivity index (χ4n) is 3.03. The summed E-state index contributed by atoms with van der Waals surface area (Å²) in [6.45, 7) is 0.745. The van der Waals surface area contributed by atoms with E-state index in [1.807, 2.05) is 63.7 Å². The van der Waals surface area contributed by atoms with Gasteiger partial charge < -0.3 is 9.64 Å². The third kappa shape index (κ3) is 4.02. The SMILES string of the molecule is COc1ccc(-n2cnnc2SCC(=O)N2CCCSc3ccccc32)cc1. The summed E-state index contributed by atoms with van der Waals surface area (Å²) in [4.78, 5) is 16.0. The van der Waals surface area contributed by atoms with Gasteiger partial charge in [0.25, 0.3) is 0 Å². The molecular weight excluding hydrogens is 392 g/mol. The number of hydrogen-bond donors (Lipinski definition) is 0. The van der Waals surface area contributed by atoms with Crippen LogP contribution in [0.1, 0.15) is 6.42 Å². The van der Waals surface area contributed by atoms with Gasteiger partial charge in [-0.2, -0.15) is 0 Å². The highest BCUT2D eigenvalue weighted by Crippen LogP contribution is 2.34. The molecule has 0 saturated carbocycles. The predicted octanol–water partition coefficient (Wildman–Crippen LogP) is 3.90. The molecule has 0 radical (unpaired) electrons. The number of anilines is 1. The average Bonchev–Trinajstić information content (AvgIpc) is 3.10. The Hall–Kier alpha value is -2.45. The summed E-state index contributed by atoms with van der Waals surface area (Å²) in [5, 5.41) is 8.89. The smallest absolute Gasteiger partial charge is 0.237 e. The Bertz CT molecular complexity index is 959. The zero-order valence-corrected chi connectivity index (χ0v) is 17.1. The minimum absolute atomic E-state index is 0.0873. The van der Waals surface area contributed by atoms with E-state index < -0.39 is 0 Å². The highest BCUT2D eigenvalue weighted by atomic mass is 32.2. The lowest BCUT2D eigenvalue weighted by atomic mass is 10.2. The Balaban J connectivity index is 1.48. The third-order valence-electron chi connectivity index (χ3n) is 4.43. The summed E-state index contributed by atoms with van der Waals surface area (Å²) in [5.74, 6) is 2.22. The summed E-state index contributed by atoms with van der Waals surface area (Å²) < 4.78 is 7.08. The lowest BCUT2D eigenvalue weighted by Crippen LogP contribution is -2.33. The number of methoxy groups -OCH3 is 1. The van der Waals surface area contributed by atoms with Crippen LogP contribution in [-0.4, -0.2) is 45.8 Å². The number of para-hydroxylation sites is 1. The monoisotopic (exact) mass is 412 g/mol. The number of ether oxygens (including phenoxy) is 1. The first-order valence-electron chi connectivity index (χ1n) is 8.96. The number of nitrogens with zero attached hydrogens (tertiary/aromatic N) is 4. The molecule has 0 unspecified atom stereocenters. The number of aromatic nitrogens is 3. The van der Waals surface area contributed by atoms with Crippen LogP contribution in [0.25, 0.3) is 5.69 Å². The van der Waals surface area contributed by atoms with Crippen LogP contribution >= 0.6 is 23.5 Å². The molecule has 1 aliphatic rings. The lowest BCUT2D eigenvalue weighted by molar-refractivity contribution is -0.116. The lowest BCUT2D eigenvalue weighted by Gasteiger charge is -2.22. The normalized spacial score (nSPS) is 13.7. The molecule has 1 aromatic heterocycles. The van der Waals surface area contributed by atoms with Gasteiger partial charge in [-0.05, 0) is 48.6 Å². The quantitative estimate of drug-likeness (QED) is 0.593. The number of hydrogen-bond acceptors (Lipinski definition) is 6. The van der Waals surface area contributed by atoms with E-state index in [9.17, 15) is 4.79 Å². The molecule has 2 aromatic carbocycles. The molecule has 8 heteroatoms. The first-order chi connectivity index (χ1) is 13.8. The molecule has 0 spiro atoms. The van der Waals surface area contributed by atoms with Gasteiger partial charge in [0.1, 0.15) is 12.1 Å². The predicted molar refractivity (Wildman–Crippen MR) is 113 cm³/mol. The Kier molecular flexibility index (Phi) is 5.87. The topological polar surface area (TPSA) is 60.2 Å². The third-order valence-corrected chi connectivity index (χ3v) is 6.51. The van der Waals surface area contributed by atoms with Gasteiger partial charge in [0.05, 0.1) is 18.6 Å². The molecule has 0 N–H and O–H groups in total. The van der Waals surface area contributed by atoms with Crippen molar-refractivity contribution in [3.05, 3.63) is 54.9 Å². The van der Waals surface area contributed by atoms with Crippen molar-refractivity contribution < 1.29 is 9.53 Å². The second-order valence-electron chi connectivity index (χ2n) is 6.19. The Morgan fingerprint density at radius 1 is 1.21 bits per heavy atom. The number of rotatable bonds is 5. The van der Waals surface area contributed by atoms with E-state index in [-0.39, 0.29) is 5.91 Å². The van der Waals surface area contributed by atoms with Gasteiger partial charge in [0.15, 0.2) is 5.16 Å². The first kappa shape index (κ1) is 18.9. The molecular formula is C20H20N4O2S2. The van der Waals surface area contributed by atoms with Crippen molar-refractivity contribution in [1.82, 2.24) is 14.8 Å². The summed E-state index contributed by atoms with van der Waals surface area (Å²) in [7, 11) is 1.64. The van der Waals surface area contributed by atoms with Crippen molar-refractivity contribution in [2.24, 2.45) is 0 Å². The second-order valence-corrected chi connectivity index (χ2v) is 8.26. The number of fused-ring (bicyclic) bond motifs is 1. The van der Waals surface area contributed by atoms with E-state index in [0.717, 1.165) is 35.8 Å². The van der Waals surface area contributed by atoms with E-state index in [4.69, 9.17) is 4.74 Å². The summed E-state index contributed by atoms with van der Waals surface area (Å²) in [6, 6.07) is 15.8. The molecule has 6 nitrogen and oxygen atoms in total. The summed E-state index contributed by atoms with van der Waals surface area (Å²) in [5.41, 5.74) is 1.93. The maximum atomic E-state index is 13.0. The fourth-order valence-corrected chi connectivity index (χ4v) is 4.83. The molecule has 0 aliphatic carbocycles. The number of carbonyl (C=O) groups is 1. The van der Waals surface area contributed by atoms with Crippen molar-refractivity contribution in [3.8, 4) is 11.4 Å². The number of thioether (sulfide) groups is 2. The standard InChI is InChI=1S/C20H20N4O2S2/c1-26-16-9-7-15(8-10-16)24-14-21-22-20(24)28-13-19(25)23-11-4-12-27-18-6-3-2-5-17(18)23/h2-3,5-10,14H,4,11-13H2,1H3. The molecule has 1 amide bonds. The van der Waals surface area contributed by atoms with Gasteiger partial charge in [-0.3, -0.25) is 9.36 Å². The highest BCUT2D eigenvalue weighted by molar-refractivity contribution is 8.00. The number of benzene rings is 2. The molecule has 0 fully saturated rings. The van der Waals surface area contributed by atoms with E-state index >= 15 is 0 Å². The van der Waals surface area contributed by atoms with Crippen LogP contribution in [0.5, 0.6) is 5.75 Å². The molecule has 144 valence electrons. The molecule has 4 rings (SSSR count). The largest absolute Gasteiger partial charge is 0.497 e. The Labute approximate surface area is 172 Å². The first-order valence-corrected chi connectivity index (χ1v) is 10.9. The number of amides is 1. The van der Waals surface area contributed by atoms with Gasteiger partial charge in [0.2, 0.25) is 5.91 Å². The van der Waals surface area contributed by atoms with Crippen molar-refractivity contribution >= 4 is 35.1 Å². The van der Waals surface area contributed by atoms with Crippen molar-refractivity contribution in [1.29, 1.82) is 0 Å². The molecule has 3 aromatic rings. The van der Waals surface area contributed by atoms with Crippen LogP contribution in [0.15, 0.2) is 64.9 Å². The zero-order valence-electron chi connectivity index (χ0n) is 15.4. The van der Waals surface area contributed by atoms with Crippen molar-refractivity contribution in [2.75, 3.05) is 30.1 Å². The van der Waals surface area contributed by atoms with Crippen LogP contribution < -0.4 is 9.64 Å². The summed E-state index contributed by atoms with van der Waals surface area (Å²) in [6.07, 6.45) is 2.64.